The summed E-state index contributed by atoms with van der Waals surface area (Å²) >= 11 is 1.15. The Morgan fingerprint density at radius 3 is 2.77 bits per heavy atom. The number of amides is 4. The Kier molecular flexibility index (Phi) is 6.39. The predicted molar refractivity (Wildman–Crippen MR) is 151 cm³/mol. The second-order valence-corrected chi connectivity index (χ2v) is 10.5. The first-order chi connectivity index (χ1) is 19.4. The van der Waals surface area contributed by atoms with Gasteiger partial charge in [-0.1, -0.05) is 6.58 Å². The minimum Gasteiger partial charge on any atom is -0.437 e. The lowest BCUT2D eigenvalue weighted by Gasteiger charge is -2.41. The van der Waals surface area contributed by atoms with Crippen LogP contribution in [0, 0.1) is 6.92 Å². The highest BCUT2D eigenvalue weighted by Crippen LogP contribution is 2.50. The van der Waals surface area contributed by atoms with Crippen molar-refractivity contribution in [1.82, 2.24) is 20.3 Å². The summed E-state index contributed by atoms with van der Waals surface area (Å²) in [6.45, 7) is 5.34. The Bertz CT molecular complexity index is 1670. The number of rotatable bonds is 7. The van der Waals surface area contributed by atoms with Gasteiger partial charge in [-0.2, -0.15) is 0 Å². The summed E-state index contributed by atoms with van der Waals surface area (Å²) in [5.74, 6) is -0.0793. The van der Waals surface area contributed by atoms with Crippen LogP contribution in [0.15, 0.2) is 61.6 Å². The van der Waals surface area contributed by atoms with Gasteiger partial charge in [-0.25, -0.2) is 14.8 Å². The quantitative estimate of drug-likeness (QED) is 0.318. The molecule has 1 aliphatic heterocycles. The van der Waals surface area contributed by atoms with Crippen LogP contribution in [-0.2, 0) is 4.79 Å². The molecule has 3 N–H and O–H groups in total. The normalized spacial score (nSPS) is 18.2. The molecule has 0 radical (unpaired) electrons. The minimum atomic E-state index is -0.644. The fourth-order valence-electron chi connectivity index (χ4n) is 5.43. The lowest BCUT2D eigenvalue weighted by atomic mass is 10.0. The van der Waals surface area contributed by atoms with Crippen molar-refractivity contribution in [3.63, 3.8) is 0 Å². The van der Waals surface area contributed by atoms with Gasteiger partial charge in [-0.15, -0.1) is 11.3 Å². The monoisotopic (exact) mass is 555 g/mol. The van der Waals surface area contributed by atoms with Crippen molar-refractivity contribution in [2.75, 3.05) is 9.80 Å². The molecule has 6 rings (SSSR count). The molecule has 1 aliphatic carbocycles. The van der Waals surface area contributed by atoms with Crippen molar-refractivity contribution in [2.24, 2.45) is 5.73 Å². The number of nitrogens with two attached hydrogens (primary N) is 1. The maximum Gasteiger partial charge on any atom is 0.334 e. The highest BCUT2D eigenvalue weighted by molar-refractivity contribution is 7.21. The Balaban J connectivity index is 1.49. The SMILES string of the molecule is C=CC(=O)N[C@H]1CCC[C@H]1N1C(=O)N(c2ccc(Oc3cccnc3)nc2C)c2ccnc3sc(C(N)=O)c1c23. The fraction of sp³-hybridized carbons (Fsp3) is 0.214. The maximum absolute atomic E-state index is 14.5. The largest absolute Gasteiger partial charge is 0.437 e. The summed E-state index contributed by atoms with van der Waals surface area (Å²) < 4.78 is 5.84. The number of thiophene rings is 1. The first-order valence-corrected chi connectivity index (χ1v) is 13.5. The molecule has 4 aromatic heterocycles. The number of nitrogens with zero attached hydrogens (tertiary/aromatic N) is 5. The highest BCUT2D eigenvalue weighted by Gasteiger charge is 2.45. The summed E-state index contributed by atoms with van der Waals surface area (Å²) in [4.78, 5) is 56.5. The van der Waals surface area contributed by atoms with E-state index in [1.807, 2.05) is 0 Å². The van der Waals surface area contributed by atoms with Crippen LogP contribution < -0.4 is 25.6 Å². The number of hydrogen-bond donors (Lipinski definition) is 2. The smallest absolute Gasteiger partial charge is 0.334 e. The molecule has 0 aromatic carbocycles. The van der Waals surface area contributed by atoms with Gasteiger partial charge in [0.25, 0.3) is 5.91 Å². The number of carbonyl (C=O) groups is 3. The standard InChI is InChI=1S/C28H25N7O4S/c1-3-21(36)33-17-7-4-8-19(17)35-24-23-20(11-13-31-27(23)40-25(24)26(29)37)34(28(35)38)18-9-10-22(32-15(18)2)39-16-6-5-12-30-14-16/h3,5-6,9-14,17,19H,1,4,7-8H2,2H3,(H2,29,37)(H,33,36)/t17-,19+/m0/s1. The van der Waals surface area contributed by atoms with E-state index in [1.165, 1.54) is 6.08 Å². The number of nitrogens with one attached hydrogen (secondary N) is 1. The zero-order valence-corrected chi connectivity index (χ0v) is 22.4. The summed E-state index contributed by atoms with van der Waals surface area (Å²) in [6, 6.07) is 7.61. The van der Waals surface area contributed by atoms with Crippen LogP contribution in [0.5, 0.6) is 11.6 Å². The number of aryl methyl sites for hydroxylation is 1. The van der Waals surface area contributed by atoms with Crippen molar-refractivity contribution >= 4 is 56.5 Å². The summed E-state index contributed by atoms with van der Waals surface area (Å²) in [6.07, 6.45) is 8.14. The zero-order valence-electron chi connectivity index (χ0n) is 21.5. The molecule has 2 atom stereocenters. The third-order valence-electron chi connectivity index (χ3n) is 7.10. The number of anilines is 3. The minimum absolute atomic E-state index is 0.249. The Labute approximate surface area is 233 Å². The molecule has 1 fully saturated rings. The van der Waals surface area contributed by atoms with Crippen molar-refractivity contribution < 1.29 is 19.1 Å². The van der Waals surface area contributed by atoms with Crippen LogP contribution in [0.1, 0.15) is 34.6 Å². The topological polar surface area (TPSA) is 144 Å². The number of urea groups is 1. The Morgan fingerprint density at radius 2 is 2.05 bits per heavy atom. The molecular formula is C28H25N7O4S. The van der Waals surface area contributed by atoms with E-state index in [-0.39, 0.29) is 22.9 Å². The molecule has 40 heavy (non-hydrogen) atoms. The third kappa shape index (κ3) is 4.22. The van der Waals surface area contributed by atoms with Crippen LogP contribution >= 0.6 is 11.3 Å². The number of pyridine rings is 3. The summed E-state index contributed by atoms with van der Waals surface area (Å²) in [5, 5.41) is 3.61. The van der Waals surface area contributed by atoms with E-state index in [0.29, 0.717) is 57.4 Å². The molecule has 1 saturated carbocycles. The van der Waals surface area contributed by atoms with E-state index in [9.17, 15) is 14.4 Å². The molecule has 4 aromatic rings. The number of hydrogen-bond acceptors (Lipinski definition) is 8. The fourth-order valence-corrected chi connectivity index (χ4v) is 6.44. The van der Waals surface area contributed by atoms with Gasteiger partial charge in [-0.05, 0) is 56.5 Å². The van der Waals surface area contributed by atoms with Crippen molar-refractivity contribution in [3.05, 3.63) is 72.1 Å². The molecule has 11 nitrogen and oxygen atoms in total. The van der Waals surface area contributed by atoms with Crippen LogP contribution in [0.25, 0.3) is 10.2 Å². The molecule has 2 aliphatic rings. The molecule has 0 bridgehead atoms. The summed E-state index contributed by atoms with van der Waals surface area (Å²) in [7, 11) is 0. The highest BCUT2D eigenvalue weighted by atomic mass is 32.1. The summed E-state index contributed by atoms with van der Waals surface area (Å²) in [5.41, 5.74) is 7.90. The van der Waals surface area contributed by atoms with Gasteiger partial charge in [0.15, 0.2) is 0 Å². The van der Waals surface area contributed by atoms with Gasteiger partial charge in [0, 0.05) is 18.5 Å². The average molecular weight is 556 g/mol. The first-order valence-electron chi connectivity index (χ1n) is 12.7. The average Bonchev–Trinajstić information content (AvgIpc) is 3.56. The maximum atomic E-state index is 14.5. The first kappa shape index (κ1) is 25.4. The number of primary amides is 1. The van der Waals surface area contributed by atoms with Crippen LogP contribution in [-0.4, -0.2) is 44.9 Å². The van der Waals surface area contributed by atoms with Gasteiger partial charge >= 0.3 is 6.03 Å². The van der Waals surface area contributed by atoms with Gasteiger partial charge in [0.2, 0.25) is 11.8 Å². The molecule has 0 saturated heterocycles. The second kappa shape index (κ2) is 10.0. The van der Waals surface area contributed by atoms with Crippen molar-refractivity contribution in [1.29, 1.82) is 0 Å². The van der Waals surface area contributed by atoms with Crippen molar-refractivity contribution in [2.45, 2.75) is 38.3 Å². The molecular weight excluding hydrogens is 530 g/mol. The van der Waals surface area contributed by atoms with Crippen LogP contribution in [0.4, 0.5) is 21.9 Å². The number of carbonyl (C=O) groups excluding carboxylic acids is 3. The van der Waals surface area contributed by atoms with Crippen LogP contribution in [0.3, 0.4) is 0 Å². The Hall–Kier alpha value is -4.84. The molecule has 0 unspecified atom stereocenters. The van der Waals surface area contributed by atoms with Gasteiger partial charge in [0.05, 0.1) is 46.4 Å². The molecule has 12 heteroatoms. The lowest BCUT2D eigenvalue weighted by Crippen LogP contribution is -2.55. The molecule has 4 amide bonds. The van der Waals surface area contributed by atoms with Gasteiger partial charge < -0.3 is 15.8 Å². The number of ether oxygens (including phenoxy) is 1. The van der Waals surface area contributed by atoms with E-state index >= 15 is 0 Å². The van der Waals surface area contributed by atoms with Crippen LogP contribution in [0.2, 0.25) is 0 Å². The molecule has 202 valence electrons. The van der Waals surface area contributed by atoms with Gasteiger partial charge in [-0.3, -0.25) is 24.4 Å². The van der Waals surface area contributed by atoms with E-state index in [0.717, 1.165) is 17.8 Å². The predicted octanol–water partition coefficient (Wildman–Crippen LogP) is 4.59. The molecule has 0 spiro atoms. The second-order valence-electron chi connectivity index (χ2n) is 9.50. The van der Waals surface area contributed by atoms with E-state index in [4.69, 9.17) is 10.5 Å². The third-order valence-corrected chi connectivity index (χ3v) is 8.20. The van der Waals surface area contributed by atoms with Gasteiger partial charge in [0.1, 0.15) is 15.5 Å². The van der Waals surface area contributed by atoms with E-state index in [2.05, 4.69) is 26.8 Å². The van der Waals surface area contributed by atoms with Crippen molar-refractivity contribution in [3.8, 4) is 11.6 Å². The number of aromatic nitrogens is 3. The zero-order chi connectivity index (χ0) is 28.0. The lowest BCUT2D eigenvalue weighted by molar-refractivity contribution is -0.117. The Morgan fingerprint density at radius 1 is 1.20 bits per heavy atom. The van der Waals surface area contributed by atoms with E-state index < -0.39 is 11.9 Å². The van der Waals surface area contributed by atoms with E-state index in [1.54, 1.807) is 65.6 Å². The molecule has 5 heterocycles.